The van der Waals surface area contributed by atoms with Gasteiger partial charge in [0.1, 0.15) is 12.1 Å². The third-order valence-corrected chi connectivity index (χ3v) is 4.12. The van der Waals surface area contributed by atoms with E-state index in [4.69, 9.17) is 9.47 Å². The Kier molecular flexibility index (Phi) is 5.39. The van der Waals surface area contributed by atoms with Crippen molar-refractivity contribution < 1.29 is 22.6 Å². The molecule has 0 saturated carbocycles. The summed E-state index contributed by atoms with van der Waals surface area (Å²) in [4.78, 5) is 10.8. The van der Waals surface area contributed by atoms with Crippen LogP contribution in [0, 0.1) is 0 Å². The highest BCUT2D eigenvalue weighted by atomic mass is 19.4. The highest BCUT2D eigenvalue weighted by Gasteiger charge is 2.30. The zero-order valence-corrected chi connectivity index (χ0v) is 16.0. The first-order valence-electron chi connectivity index (χ1n) is 8.92. The largest absolute Gasteiger partial charge is 0.481 e. The Morgan fingerprint density at radius 2 is 1.71 bits per heavy atom. The van der Waals surface area contributed by atoms with Crippen LogP contribution in [0.25, 0.3) is 11.4 Å². The van der Waals surface area contributed by atoms with Crippen molar-refractivity contribution in [3.63, 3.8) is 0 Å². The van der Waals surface area contributed by atoms with Crippen molar-refractivity contribution >= 4 is 11.6 Å². The van der Waals surface area contributed by atoms with Gasteiger partial charge in [-0.15, -0.1) is 10.2 Å². The standard InChI is InChI=1S/C20H15F3N6O2/c1-30-16-10-17(25-11-24-16)31-15-7-5-12(6-8-15)18-27-19(29-28-18)26-14-4-2-3-13(9-14)20(21,22)23/h2-11H,1H3,(H2,26,27,28,29). The first kappa shape index (κ1) is 20.1. The Balaban J connectivity index is 1.45. The molecule has 0 amide bonds. The molecule has 2 aromatic heterocycles. The van der Waals surface area contributed by atoms with Crippen LogP contribution in [0.5, 0.6) is 17.5 Å². The molecule has 8 nitrogen and oxygen atoms in total. The number of hydrogen-bond acceptors (Lipinski definition) is 7. The number of alkyl halides is 3. The van der Waals surface area contributed by atoms with E-state index in [-0.39, 0.29) is 11.6 Å². The summed E-state index contributed by atoms with van der Waals surface area (Å²) in [5.41, 5.74) is 0.188. The molecule has 0 spiro atoms. The fourth-order valence-electron chi connectivity index (χ4n) is 2.65. The summed E-state index contributed by atoms with van der Waals surface area (Å²) >= 11 is 0. The van der Waals surface area contributed by atoms with Crippen LogP contribution in [0.15, 0.2) is 60.9 Å². The summed E-state index contributed by atoms with van der Waals surface area (Å²) < 4.78 is 49.2. The number of ether oxygens (including phenoxy) is 2. The van der Waals surface area contributed by atoms with Crippen molar-refractivity contribution in [2.24, 2.45) is 0 Å². The van der Waals surface area contributed by atoms with Crippen LogP contribution in [0.1, 0.15) is 5.56 Å². The highest BCUT2D eigenvalue weighted by Crippen LogP contribution is 2.31. The molecule has 0 unspecified atom stereocenters. The van der Waals surface area contributed by atoms with Gasteiger partial charge in [0.2, 0.25) is 17.7 Å². The van der Waals surface area contributed by atoms with Crippen molar-refractivity contribution in [3.05, 3.63) is 66.5 Å². The van der Waals surface area contributed by atoms with E-state index >= 15 is 0 Å². The molecule has 0 aliphatic heterocycles. The maximum Gasteiger partial charge on any atom is 0.416 e. The zero-order valence-electron chi connectivity index (χ0n) is 16.0. The van der Waals surface area contributed by atoms with Crippen LogP contribution in [-0.4, -0.2) is 32.3 Å². The van der Waals surface area contributed by atoms with Crippen LogP contribution in [0.4, 0.5) is 24.8 Å². The second-order valence-electron chi connectivity index (χ2n) is 6.25. The Morgan fingerprint density at radius 3 is 2.45 bits per heavy atom. The molecule has 0 aliphatic rings. The number of methoxy groups -OCH3 is 1. The molecule has 11 heteroatoms. The number of halogens is 3. The second kappa shape index (κ2) is 8.30. The molecule has 0 saturated heterocycles. The van der Waals surface area contributed by atoms with Crippen molar-refractivity contribution in [3.8, 4) is 28.9 Å². The van der Waals surface area contributed by atoms with Crippen molar-refractivity contribution in [2.45, 2.75) is 6.18 Å². The molecule has 2 N–H and O–H groups in total. The molecular weight excluding hydrogens is 413 g/mol. The quantitative estimate of drug-likeness (QED) is 0.454. The SMILES string of the molecule is COc1cc(Oc2ccc(-c3nnc(Nc4cccc(C(F)(F)F)c4)[nH]3)cc2)ncn1. The van der Waals surface area contributed by atoms with E-state index < -0.39 is 11.7 Å². The normalized spacial score (nSPS) is 11.2. The number of hydrogen-bond donors (Lipinski definition) is 2. The van der Waals surface area contributed by atoms with Crippen LogP contribution < -0.4 is 14.8 Å². The molecule has 2 heterocycles. The third-order valence-electron chi connectivity index (χ3n) is 4.12. The van der Waals surface area contributed by atoms with Gasteiger partial charge in [-0.2, -0.15) is 13.2 Å². The smallest absolute Gasteiger partial charge is 0.416 e. The van der Waals surface area contributed by atoms with Crippen LogP contribution in [-0.2, 0) is 6.18 Å². The van der Waals surface area contributed by atoms with Gasteiger partial charge in [-0.3, -0.25) is 0 Å². The van der Waals surface area contributed by atoms with Crippen molar-refractivity contribution in [1.82, 2.24) is 25.1 Å². The van der Waals surface area contributed by atoms with Gasteiger partial charge in [0.05, 0.1) is 18.7 Å². The van der Waals surface area contributed by atoms with E-state index in [1.165, 1.54) is 25.6 Å². The summed E-state index contributed by atoms with van der Waals surface area (Å²) in [5.74, 6) is 1.88. The number of H-pyrrole nitrogens is 1. The zero-order chi connectivity index (χ0) is 21.8. The fraction of sp³-hybridized carbons (Fsp3) is 0.100. The molecule has 158 valence electrons. The third kappa shape index (κ3) is 4.89. The van der Waals surface area contributed by atoms with Gasteiger partial charge in [0.15, 0.2) is 5.82 Å². The summed E-state index contributed by atoms with van der Waals surface area (Å²) in [6, 6.07) is 13.3. The lowest BCUT2D eigenvalue weighted by molar-refractivity contribution is -0.137. The lowest BCUT2D eigenvalue weighted by atomic mass is 10.2. The highest BCUT2D eigenvalue weighted by molar-refractivity contribution is 5.60. The van der Waals surface area contributed by atoms with Gasteiger partial charge in [-0.05, 0) is 42.5 Å². The van der Waals surface area contributed by atoms with E-state index in [0.29, 0.717) is 28.9 Å². The van der Waals surface area contributed by atoms with Crippen LogP contribution >= 0.6 is 0 Å². The first-order chi connectivity index (χ1) is 14.9. The fourth-order valence-corrected chi connectivity index (χ4v) is 2.65. The summed E-state index contributed by atoms with van der Waals surface area (Å²) in [7, 11) is 1.49. The number of benzene rings is 2. The van der Waals surface area contributed by atoms with Gasteiger partial charge in [-0.1, -0.05) is 6.07 Å². The van der Waals surface area contributed by atoms with Crippen molar-refractivity contribution in [1.29, 1.82) is 0 Å². The maximum atomic E-state index is 12.9. The Morgan fingerprint density at radius 1 is 0.935 bits per heavy atom. The molecule has 4 aromatic rings. The van der Waals surface area contributed by atoms with E-state index in [1.807, 2.05) is 0 Å². The number of anilines is 2. The van der Waals surface area contributed by atoms with E-state index in [2.05, 4.69) is 30.5 Å². The van der Waals surface area contributed by atoms with Crippen LogP contribution in [0.3, 0.4) is 0 Å². The second-order valence-corrected chi connectivity index (χ2v) is 6.25. The molecule has 0 radical (unpaired) electrons. The first-order valence-corrected chi connectivity index (χ1v) is 8.92. The van der Waals surface area contributed by atoms with Gasteiger partial charge >= 0.3 is 6.18 Å². The summed E-state index contributed by atoms with van der Waals surface area (Å²) in [6.07, 6.45) is -3.10. The molecule has 31 heavy (non-hydrogen) atoms. The lowest BCUT2D eigenvalue weighted by Crippen LogP contribution is -2.05. The molecule has 0 aliphatic carbocycles. The Bertz CT molecular complexity index is 1180. The number of aromatic nitrogens is 5. The number of rotatable bonds is 6. The molecular formula is C20H15F3N6O2. The topological polar surface area (TPSA) is 97.8 Å². The molecule has 0 atom stereocenters. The monoisotopic (exact) mass is 428 g/mol. The van der Waals surface area contributed by atoms with Gasteiger partial charge in [-0.25, -0.2) is 9.97 Å². The minimum atomic E-state index is -4.43. The molecule has 4 rings (SSSR count). The Hall–Kier alpha value is -4.15. The van der Waals surface area contributed by atoms with Gasteiger partial charge < -0.3 is 19.8 Å². The summed E-state index contributed by atoms with van der Waals surface area (Å²) in [5, 5.41) is 10.7. The molecule has 2 aromatic carbocycles. The average Bonchev–Trinajstić information content (AvgIpc) is 3.22. The minimum Gasteiger partial charge on any atom is -0.481 e. The number of aromatic amines is 1. The lowest BCUT2D eigenvalue weighted by Gasteiger charge is -2.08. The number of nitrogens with one attached hydrogen (secondary N) is 2. The molecule has 0 fully saturated rings. The van der Waals surface area contributed by atoms with E-state index in [1.54, 1.807) is 30.3 Å². The summed E-state index contributed by atoms with van der Waals surface area (Å²) in [6.45, 7) is 0. The predicted octanol–water partition coefficient (Wildman–Crippen LogP) is 4.83. The van der Waals surface area contributed by atoms with Gasteiger partial charge in [0.25, 0.3) is 0 Å². The predicted molar refractivity (Wildman–Crippen MR) is 105 cm³/mol. The van der Waals surface area contributed by atoms with Gasteiger partial charge in [0, 0.05) is 11.3 Å². The number of nitrogens with zero attached hydrogens (tertiary/aromatic N) is 4. The molecule has 0 bridgehead atoms. The Labute approximate surface area is 174 Å². The van der Waals surface area contributed by atoms with Crippen molar-refractivity contribution in [2.75, 3.05) is 12.4 Å². The van der Waals surface area contributed by atoms with Crippen LogP contribution in [0.2, 0.25) is 0 Å². The van der Waals surface area contributed by atoms with E-state index in [0.717, 1.165) is 12.1 Å². The average molecular weight is 428 g/mol. The maximum absolute atomic E-state index is 12.9. The van der Waals surface area contributed by atoms with E-state index in [9.17, 15) is 13.2 Å². The minimum absolute atomic E-state index is 0.211.